The maximum atomic E-state index is 5.38. The zero-order valence-corrected chi connectivity index (χ0v) is 11.3. The van der Waals surface area contributed by atoms with Crippen molar-refractivity contribution >= 4 is 0 Å². The van der Waals surface area contributed by atoms with Crippen molar-refractivity contribution < 1.29 is 14.2 Å². The molecule has 6 nitrogen and oxygen atoms in total. The summed E-state index contributed by atoms with van der Waals surface area (Å²) in [5.41, 5.74) is 0.872. The van der Waals surface area contributed by atoms with Crippen LogP contribution in [0.4, 0.5) is 0 Å². The van der Waals surface area contributed by atoms with Crippen LogP contribution in [0.5, 0.6) is 11.5 Å². The van der Waals surface area contributed by atoms with Crippen LogP contribution >= 0.6 is 0 Å². The summed E-state index contributed by atoms with van der Waals surface area (Å²) in [6, 6.07) is 5.60. The number of methoxy groups -OCH3 is 3. The summed E-state index contributed by atoms with van der Waals surface area (Å²) in [7, 11) is 4.90. The van der Waals surface area contributed by atoms with E-state index in [9.17, 15) is 0 Å². The molecule has 0 aliphatic heterocycles. The van der Waals surface area contributed by atoms with Crippen molar-refractivity contribution in [3.05, 3.63) is 24.5 Å². The Labute approximate surface area is 111 Å². The normalized spacial score (nSPS) is 10.5. The van der Waals surface area contributed by atoms with E-state index in [2.05, 4.69) is 10.2 Å². The predicted octanol–water partition coefficient (Wildman–Crippen LogP) is 1.61. The Balaban J connectivity index is 2.38. The Morgan fingerprint density at radius 3 is 2.68 bits per heavy atom. The van der Waals surface area contributed by atoms with E-state index >= 15 is 0 Å². The SMILES string of the molecule is COCCn1cnnc1-c1ccc(OC)cc1OC. The quantitative estimate of drug-likeness (QED) is 0.792. The molecule has 102 valence electrons. The maximum Gasteiger partial charge on any atom is 0.167 e. The third-order valence-corrected chi connectivity index (χ3v) is 2.80. The second kappa shape index (κ2) is 6.19. The molecule has 0 unspecified atom stereocenters. The first-order valence-electron chi connectivity index (χ1n) is 5.89. The van der Waals surface area contributed by atoms with Gasteiger partial charge in [0, 0.05) is 19.7 Å². The average Bonchev–Trinajstić information content (AvgIpc) is 2.92. The number of benzene rings is 1. The van der Waals surface area contributed by atoms with Crippen molar-refractivity contribution in [2.24, 2.45) is 0 Å². The van der Waals surface area contributed by atoms with Gasteiger partial charge in [-0.05, 0) is 12.1 Å². The highest BCUT2D eigenvalue weighted by atomic mass is 16.5. The van der Waals surface area contributed by atoms with Crippen molar-refractivity contribution in [3.63, 3.8) is 0 Å². The second-order valence-corrected chi connectivity index (χ2v) is 3.91. The van der Waals surface area contributed by atoms with Crippen molar-refractivity contribution in [1.29, 1.82) is 0 Å². The van der Waals surface area contributed by atoms with Crippen LogP contribution in [0.3, 0.4) is 0 Å². The van der Waals surface area contributed by atoms with Gasteiger partial charge in [-0.1, -0.05) is 0 Å². The second-order valence-electron chi connectivity index (χ2n) is 3.91. The van der Waals surface area contributed by atoms with Gasteiger partial charge in [0.05, 0.1) is 26.4 Å². The molecular formula is C13H17N3O3. The highest BCUT2D eigenvalue weighted by Crippen LogP contribution is 2.31. The van der Waals surface area contributed by atoms with Crippen LogP contribution in [0.1, 0.15) is 0 Å². The standard InChI is InChI=1S/C13H17N3O3/c1-17-7-6-16-9-14-15-13(16)11-5-4-10(18-2)8-12(11)19-3/h4-5,8-9H,6-7H2,1-3H3. The van der Waals surface area contributed by atoms with Gasteiger partial charge in [0.15, 0.2) is 5.82 Å². The molecular weight excluding hydrogens is 246 g/mol. The van der Waals surface area contributed by atoms with Crippen LogP contribution in [-0.2, 0) is 11.3 Å². The molecule has 1 aromatic carbocycles. The molecule has 0 atom stereocenters. The monoisotopic (exact) mass is 263 g/mol. The molecule has 0 radical (unpaired) electrons. The van der Waals surface area contributed by atoms with Crippen LogP contribution in [-0.4, -0.2) is 42.7 Å². The van der Waals surface area contributed by atoms with Gasteiger partial charge in [-0.2, -0.15) is 0 Å². The van der Waals surface area contributed by atoms with Crippen molar-refractivity contribution in [3.8, 4) is 22.9 Å². The first kappa shape index (κ1) is 13.4. The Morgan fingerprint density at radius 1 is 1.16 bits per heavy atom. The molecule has 1 aromatic heterocycles. The van der Waals surface area contributed by atoms with Crippen molar-refractivity contribution in [2.45, 2.75) is 6.54 Å². The highest BCUT2D eigenvalue weighted by molar-refractivity contribution is 5.65. The minimum absolute atomic E-state index is 0.601. The lowest BCUT2D eigenvalue weighted by Gasteiger charge is -2.11. The minimum atomic E-state index is 0.601. The Hall–Kier alpha value is -2.08. The van der Waals surface area contributed by atoms with Crippen molar-refractivity contribution in [2.75, 3.05) is 27.9 Å². The topological polar surface area (TPSA) is 58.4 Å². The van der Waals surface area contributed by atoms with E-state index in [0.29, 0.717) is 18.9 Å². The van der Waals surface area contributed by atoms with Crippen LogP contribution in [0.25, 0.3) is 11.4 Å². The summed E-state index contributed by atoms with van der Waals surface area (Å²) in [5.74, 6) is 2.19. The molecule has 0 fully saturated rings. The number of aromatic nitrogens is 3. The third kappa shape index (κ3) is 2.85. The molecule has 0 amide bonds. The van der Waals surface area contributed by atoms with Crippen LogP contribution < -0.4 is 9.47 Å². The fraction of sp³-hybridized carbons (Fsp3) is 0.385. The largest absolute Gasteiger partial charge is 0.497 e. The van der Waals surface area contributed by atoms with Gasteiger partial charge in [-0.3, -0.25) is 0 Å². The van der Waals surface area contributed by atoms with Gasteiger partial charge in [-0.25, -0.2) is 0 Å². The van der Waals surface area contributed by atoms with Gasteiger partial charge in [0.2, 0.25) is 0 Å². The molecule has 0 saturated carbocycles. The maximum absolute atomic E-state index is 5.38. The molecule has 0 N–H and O–H groups in total. The Morgan fingerprint density at radius 2 is 2.00 bits per heavy atom. The summed E-state index contributed by atoms with van der Waals surface area (Å²) >= 11 is 0. The van der Waals surface area contributed by atoms with Crippen LogP contribution in [0.15, 0.2) is 24.5 Å². The molecule has 19 heavy (non-hydrogen) atoms. The molecule has 6 heteroatoms. The minimum Gasteiger partial charge on any atom is -0.497 e. The highest BCUT2D eigenvalue weighted by Gasteiger charge is 2.13. The van der Waals surface area contributed by atoms with Gasteiger partial charge >= 0.3 is 0 Å². The van der Waals surface area contributed by atoms with E-state index in [0.717, 1.165) is 17.1 Å². The van der Waals surface area contributed by atoms with Gasteiger partial charge < -0.3 is 18.8 Å². The molecule has 2 rings (SSSR count). The van der Waals surface area contributed by atoms with Crippen LogP contribution in [0.2, 0.25) is 0 Å². The third-order valence-electron chi connectivity index (χ3n) is 2.80. The zero-order chi connectivity index (χ0) is 13.7. The molecule has 1 heterocycles. The summed E-state index contributed by atoms with van der Waals surface area (Å²) in [6.45, 7) is 1.29. The molecule has 0 spiro atoms. The van der Waals surface area contributed by atoms with Crippen LogP contribution in [0, 0.1) is 0 Å². The lowest BCUT2D eigenvalue weighted by molar-refractivity contribution is 0.187. The number of rotatable bonds is 6. The van der Waals surface area contributed by atoms with E-state index in [4.69, 9.17) is 14.2 Å². The van der Waals surface area contributed by atoms with E-state index < -0.39 is 0 Å². The number of hydrogen-bond acceptors (Lipinski definition) is 5. The van der Waals surface area contributed by atoms with Gasteiger partial charge in [0.25, 0.3) is 0 Å². The zero-order valence-electron chi connectivity index (χ0n) is 11.3. The van der Waals surface area contributed by atoms with E-state index in [1.165, 1.54) is 0 Å². The average molecular weight is 263 g/mol. The summed E-state index contributed by atoms with van der Waals surface area (Å²) < 4.78 is 17.6. The molecule has 0 saturated heterocycles. The number of hydrogen-bond donors (Lipinski definition) is 0. The summed E-state index contributed by atoms with van der Waals surface area (Å²) in [6.07, 6.45) is 1.68. The lowest BCUT2D eigenvalue weighted by Crippen LogP contribution is -2.05. The van der Waals surface area contributed by atoms with E-state index in [1.807, 2.05) is 22.8 Å². The Kier molecular flexibility index (Phi) is 4.35. The fourth-order valence-electron chi connectivity index (χ4n) is 1.80. The molecule has 2 aromatic rings. The summed E-state index contributed by atoms with van der Waals surface area (Å²) in [4.78, 5) is 0. The molecule has 0 bridgehead atoms. The lowest BCUT2D eigenvalue weighted by atomic mass is 10.1. The Bertz CT molecular complexity index is 540. The molecule has 0 aliphatic rings. The number of nitrogens with zero attached hydrogens (tertiary/aromatic N) is 3. The predicted molar refractivity (Wildman–Crippen MR) is 70.4 cm³/mol. The first-order chi connectivity index (χ1) is 9.30. The fourth-order valence-corrected chi connectivity index (χ4v) is 1.80. The first-order valence-corrected chi connectivity index (χ1v) is 5.89. The van der Waals surface area contributed by atoms with Crippen molar-refractivity contribution in [1.82, 2.24) is 14.8 Å². The summed E-state index contributed by atoms with van der Waals surface area (Å²) in [5, 5.41) is 8.08. The molecule has 0 aliphatic carbocycles. The van der Waals surface area contributed by atoms with Gasteiger partial charge in [0.1, 0.15) is 17.8 Å². The van der Waals surface area contributed by atoms with E-state index in [-0.39, 0.29) is 0 Å². The van der Waals surface area contributed by atoms with Gasteiger partial charge in [-0.15, -0.1) is 10.2 Å². The van der Waals surface area contributed by atoms with E-state index in [1.54, 1.807) is 27.7 Å². The number of ether oxygens (including phenoxy) is 3. The smallest absolute Gasteiger partial charge is 0.167 e.